The van der Waals surface area contributed by atoms with Crippen LogP contribution in [-0.4, -0.2) is 52.2 Å². The highest BCUT2D eigenvalue weighted by Crippen LogP contribution is 2.41. The summed E-state index contributed by atoms with van der Waals surface area (Å²) in [5.41, 5.74) is -0.863. The smallest absolute Gasteiger partial charge is 0.337 e. The molecular formula is C15H14N2O5. The summed E-state index contributed by atoms with van der Waals surface area (Å²) >= 11 is 0. The number of carboxylic acid groups (broad SMARTS) is 2. The lowest BCUT2D eigenvalue weighted by atomic mass is 9.95. The van der Waals surface area contributed by atoms with Gasteiger partial charge in [-0.3, -0.25) is 4.99 Å². The Morgan fingerprint density at radius 3 is 2.68 bits per heavy atom. The number of nitrogens with zero attached hydrogens (tertiary/aromatic N) is 2. The van der Waals surface area contributed by atoms with Gasteiger partial charge in [0.25, 0.3) is 0 Å². The Hall–Kier alpha value is -2.83. The average molecular weight is 302 g/mol. The number of carboxylic acids is 2. The molecule has 1 unspecified atom stereocenters. The maximum atomic E-state index is 11.7. The molecule has 1 aromatic carbocycles. The molecule has 0 saturated carbocycles. The van der Waals surface area contributed by atoms with Gasteiger partial charge in [0, 0.05) is 24.6 Å². The molecule has 1 aromatic rings. The van der Waals surface area contributed by atoms with E-state index < -0.39 is 17.7 Å². The average Bonchev–Trinajstić information content (AvgIpc) is 3.11. The van der Waals surface area contributed by atoms with E-state index in [-0.39, 0.29) is 12.0 Å². The molecule has 0 amide bonds. The van der Waals surface area contributed by atoms with Crippen molar-refractivity contribution in [2.45, 2.75) is 12.1 Å². The summed E-state index contributed by atoms with van der Waals surface area (Å²) in [5, 5.41) is 18.5. The van der Waals surface area contributed by atoms with Crippen LogP contribution in [0, 0.1) is 0 Å². The maximum Gasteiger partial charge on any atom is 0.337 e. The van der Waals surface area contributed by atoms with Crippen molar-refractivity contribution in [3.63, 3.8) is 0 Å². The van der Waals surface area contributed by atoms with Crippen molar-refractivity contribution in [2.24, 2.45) is 4.99 Å². The van der Waals surface area contributed by atoms with Crippen LogP contribution in [0.5, 0.6) is 5.75 Å². The topological polar surface area (TPSA) is 99.4 Å². The fourth-order valence-corrected chi connectivity index (χ4v) is 2.81. The van der Waals surface area contributed by atoms with Gasteiger partial charge in [-0.1, -0.05) is 18.2 Å². The summed E-state index contributed by atoms with van der Waals surface area (Å²) in [5.74, 6) is -2.09. The van der Waals surface area contributed by atoms with E-state index >= 15 is 0 Å². The highest BCUT2D eigenvalue weighted by atomic mass is 16.5. The zero-order valence-electron chi connectivity index (χ0n) is 11.6. The summed E-state index contributed by atoms with van der Waals surface area (Å²) in [6.45, 7) is 0.986. The lowest BCUT2D eigenvalue weighted by Gasteiger charge is -2.37. The molecule has 0 aromatic heterocycles. The van der Waals surface area contributed by atoms with E-state index in [0.717, 1.165) is 5.56 Å². The van der Waals surface area contributed by atoms with E-state index in [1.807, 2.05) is 12.1 Å². The number of carbonyl (C=O) groups is 2. The van der Waals surface area contributed by atoms with E-state index in [9.17, 15) is 14.7 Å². The van der Waals surface area contributed by atoms with Crippen molar-refractivity contribution in [3.05, 3.63) is 41.5 Å². The van der Waals surface area contributed by atoms with Gasteiger partial charge >= 0.3 is 11.9 Å². The minimum Gasteiger partial charge on any atom is -0.478 e. The first-order valence-corrected chi connectivity index (χ1v) is 6.75. The number of benzene rings is 1. The normalized spacial score (nSPS) is 23.3. The van der Waals surface area contributed by atoms with Gasteiger partial charge in [-0.05, 0) is 6.07 Å². The van der Waals surface area contributed by atoms with Gasteiger partial charge in [0.05, 0.1) is 12.9 Å². The third-order valence-electron chi connectivity index (χ3n) is 3.76. The van der Waals surface area contributed by atoms with Gasteiger partial charge in [0.2, 0.25) is 5.72 Å². The molecule has 22 heavy (non-hydrogen) atoms. The number of hydrogen-bond acceptors (Lipinski definition) is 5. The molecule has 7 heteroatoms. The van der Waals surface area contributed by atoms with Crippen molar-refractivity contribution in [2.75, 3.05) is 13.1 Å². The summed E-state index contributed by atoms with van der Waals surface area (Å²) in [6, 6.07) is 7.20. The predicted molar refractivity (Wildman–Crippen MR) is 76.9 cm³/mol. The summed E-state index contributed by atoms with van der Waals surface area (Å²) < 4.78 is 5.93. The fraction of sp³-hybridized carbons (Fsp3) is 0.267. The van der Waals surface area contributed by atoms with Crippen LogP contribution in [0.3, 0.4) is 0 Å². The lowest BCUT2D eigenvalue weighted by molar-refractivity contribution is -0.138. The SMILES string of the molecule is O=C(O)/C=C(/C(=O)O)C1(N2C=NCC2)Cc2ccccc2O1. The Morgan fingerprint density at radius 1 is 1.32 bits per heavy atom. The summed E-state index contributed by atoms with van der Waals surface area (Å²) in [4.78, 5) is 28.4. The molecule has 2 N–H and O–H groups in total. The molecule has 0 fully saturated rings. The Kier molecular flexibility index (Phi) is 3.32. The quantitative estimate of drug-likeness (QED) is 0.797. The van der Waals surface area contributed by atoms with Crippen LogP contribution in [0.4, 0.5) is 0 Å². The third-order valence-corrected chi connectivity index (χ3v) is 3.76. The molecule has 0 bridgehead atoms. The van der Waals surface area contributed by atoms with Gasteiger partial charge in [0.1, 0.15) is 11.3 Å². The Balaban J connectivity index is 2.11. The summed E-state index contributed by atoms with van der Waals surface area (Å²) in [6.07, 6.45) is 2.46. The van der Waals surface area contributed by atoms with Crippen LogP contribution in [-0.2, 0) is 16.0 Å². The third kappa shape index (κ3) is 2.20. The van der Waals surface area contributed by atoms with Crippen molar-refractivity contribution in [1.82, 2.24) is 4.90 Å². The second kappa shape index (κ2) is 5.18. The zero-order chi connectivity index (χ0) is 15.7. The highest BCUT2D eigenvalue weighted by Gasteiger charge is 2.50. The van der Waals surface area contributed by atoms with Gasteiger partial charge in [-0.15, -0.1) is 0 Å². The molecule has 0 aliphatic carbocycles. The van der Waals surface area contributed by atoms with E-state index in [0.29, 0.717) is 24.9 Å². The number of aliphatic imine (C=N–C) groups is 1. The van der Waals surface area contributed by atoms with Gasteiger partial charge in [-0.2, -0.15) is 0 Å². The van der Waals surface area contributed by atoms with E-state index in [2.05, 4.69) is 4.99 Å². The Morgan fingerprint density at radius 2 is 2.09 bits per heavy atom. The van der Waals surface area contributed by atoms with E-state index in [4.69, 9.17) is 9.84 Å². The molecule has 2 aliphatic heterocycles. The number of fused-ring (bicyclic) bond motifs is 1. The Labute approximate surface area is 126 Å². The monoisotopic (exact) mass is 302 g/mol. The molecule has 0 radical (unpaired) electrons. The van der Waals surface area contributed by atoms with Crippen LogP contribution in [0.15, 0.2) is 40.9 Å². The lowest BCUT2D eigenvalue weighted by Crippen LogP contribution is -2.54. The van der Waals surface area contributed by atoms with Crippen molar-refractivity contribution in [3.8, 4) is 5.75 Å². The van der Waals surface area contributed by atoms with Gasteiger partial charge in [0.15, 0.2) is 0 Å². The van der Waals surface area contributed by atoms with Crippen molar-refractivity contribution in [1.29, 1.82) is 0 Å². The second-order valence-corrected chi connectivity index (χ2v) is 5.09. The van der Waals surface area contributed by atoms with Crippen LogP contribution >= 0.6 is 0 Å². The highest BCUT2D eigenvalue weighted by molar-refractivity contribution is 5.97. The van der Waals surface area contributed by atoms with Crippen LogP contribution in [0.1, 0.15) is 5.56 Å². The molecular weight excluding hydrogens is 288 g/mol. The molecule has 0 saturated heterocycles. The van der Waals surface area contributed by atoms with Crippen LogP contribution < -0.4 is 4.74 Å². The second-order valence-electron chi connectivity index (χ2n) is 5.09. The van der Waals surface area contributed by atoms with Crippen molar-refractivity contribution >= 4 is 18.3 Å². The van der Waals surface area contributed by atoms with Crippen molar-refractivity contribution < 1.29 is 24.5 Å². The van der Waals surface area contributed by atoms with Gasteiger partial charge in [-0.25, -0.2) is 9.59 Å². The molecule has 114 valence electrons. The number of para-hydroxylation sites is 1. The number of aliphatic carboxylic acids is 2. The summed E-state index contributed by atoms with van der Waals surface area (Å²) in [7, 11) is 0. The predicted octanol–water partition coefficient (Wildman–Crippen LogP) is 0.757. The number of ether oxygens (including phenoxy) is 1. The number of rotatable bonds is 4. The standard InChI is InChI=1S/C15H14N2O5/c18-13(19)7-11(14(20)21)15(17-6-5-16-9-17)8-10-3-1-2-4-12(10)22-15/h1-4,7,9H,5-6,8H2,(H,18,19)(H,20,21)/b11-7-. The largest absolute Gasteiger partial charge is 0.478 e. The first-order chi connectivity index (χ1) is 10.5. The zero-order valence-corrected chi connectivity index (χ0v) is 11.6. The minimum absolute atomic E-state index is 0.251. The molecule has 0 spiro atoms. The Bertz CT molecular complexity index is 670. The molecule has 3 rings (SSSR count). The number of hydrogen-bond donors (Lipinski definition) is 2. The van der Waals surface area contributed by atoms with E-state index in [1.54, 1.807) is 17.0 Å². The van der Waals surface area contributed by atoms with Crippen LogP contribution in [0.2, 0.25) is 0 Å². The molecule has 1 atom stereocenters. The minimum atomic E-state index is -1.38. The molecule has 7 nitrogen and oxygen atoms in total. The molecule has 2 heterocycles. The van der Waals surface area contributed by atoms with Crippen LogP contribution in [0.25, 0.3) is 0 Å². The van der Waals surface area contributed by atoms with E-state index in [1.165, 1.54) is 6.34 Å². The maximum absolute atomic E-state index is 11.7. The van der Waals surface area contributed by atoms with Gasteiger partial charge < -0.3 is 19.8 Å². The molecule has 2 aliphatic rings. The first kappa shape index (κ1) is 14.1. The first-order valence-electron chi connectivity index (χ1n) is 6.75. The fourth-order valence-electron chi connectivity index (χ4n) is 2.81.